The van der Waals surface area contributed by atoms with Crippen molar-refractivity contribution in [3.8, 4) is 11.4 Å². The topological polar surface area (TPSA) is 122 Å². The quantitative estimate of drug-likeness (QED) is 0.570. The van der Waals surface area contributed by atoms with Crippen molar-refractivity contribution in [1.82, 2.24) is 9.97 Å². The maximum atomic E-state index is 12.3. The average molecular weight is 432 g/mol. The number of urea groups is 1. The average Bonchev–Trinajstić information content (AvgIpc) is 2.80. The summed E-state index contributed by atoms with van der Waals surface area (Å²) < 4.78 is 5.43. The lowest BCUT2D eigenvalue weighted by Crippen LogP contribution is -2.37. The SMILES string of the molecule is Cc1cnc(-c2ccc(NC(=O)Nc3cccc(C(N)=O)c3)cc2)nc1N1CCOCC1. The number of benzene rings is 2. The van der Waals surface area contributed by atoms with Crippen LogP contribution < -0.4 is 21.3 Å². The zero-order chi connectivity index (χ0) is 22.5. The number of carbonyl (C=O) groups excluding carboxylic acids is 2. The van der Waals surface area contributed by atoms with Crippen LogP contribution in [-0.2, 0) is 4.74 Å². The predicted molar refractivity (Wildman–Crippen MR) is 123 cm³/mol. The summed E-state index contributed by atoms with van der Waals surface area (Å²) in [5, 5.41) is 5.44. The molecule has 0 spiro atoms. The van der Waals surface area contributed by atoms with E-state index in [1.165, 1.54) is 6.07 Å². The Balaban J connectivity index is 1.43. The van der Waals surface area contributed by atoms with Crippen LogP contribution in [0, 0.1) is 6.92 Å². The highest BCUT2D eigenvalue weighted by Gasteiger charge is 2.16. The van der Waals surface area contributed by atoms with E-state index in [0.717, 1.165) is 30.0 Å². The maximum absolute atomic E-state index is 12.3. The van der Waals surface area contributed by atoms with E-state index >= 15 is 0 Å². The van der Waals surface area contributed by atoms with Gasteiger partial charge in [0.2, 0.25) is 5.91 Å². The summed E-state index contributed by atoms with van der Waals surface area (Å²) in [6, 6.07) is 13.3. The van der Waals surface area contributed by atoms with E-state index in [1.807, 2.05) is 25.3 Å². The minimum Gasteiger partial charge on any atom is -0.378 e. The first-order chi connectivity index (χ1) is 15.5. The third-order valence-corrected chi connectivity index (χ3v) is 5.06. The Kier molecular flexibility index (Phi) is 6.27. The number of primary amides is 1. The Labute approximate surface area is 185 Å². The van der Waals surface area contributed by atoms with Crippen molar-refractivity contribution >= 4 is 29.1 Å². The van der Waals surface area contributed by atoms with Crippen LogP contribution >= 0.6 is 0 Å². The van der Waals surface area contributed by atoms with E-state index in [1.54, 1.807) is 30.3 Å². The van der Waals surface area contributed by atoms with E-state index in [0.29, 0.717) is 36.0 Å². The Morgan fingerprint density at radius 1 is 1.03 bits per heavy atom. The minimum atomic E-state index is -0.556. The summed E-state index contributed by atoms with van der Waals surface area (Å²) in [4.78, 5) is 35.0. The van der Waals surface area contributed by atoms with Gasteiger partial charge in [0.05, 0.1) is 13.2 Å². The van der Waals surface area contributed by atoms with Gasteiger partial charge in [-0.25, -0.2) is 14.8 Å². The Bertz CT molecular complexity index is 1130. The molecular weight excluding hydrogens is 408 g/mol. The van der Waals surface area contributed by atoms with E-state index in [2.05, 4.69) is 20.5 Å². The molecule has 164 valence electrons. The molecule has 1 aliphatic rings. The molecule has 3 amide bonds. The molecule has 0 aliphatic carbocycles. The van der Waals surface area contributed by atoms with Gasteiger partial charge in [0.25, 0.3) is 0 Å². The maximum Gasteiger partial charge on any atom is 0.323 e. The van der Waals surface area contributed by atoms with Gasteiger partial charge in [0.1, 0.15) is 5.82 Å². The highest BCUT2D eigenvalue weighted by molar-refractivity contribution is 6.01. The van der Waals surface area contributed by atoms with Gasteiger partial charge in [-0.1, -0.05) is 6.07 Å². The summed E-state index contributed by atoms with van der Waals surface area (Å²) in [5.41, 5.74) is 8.54. The first-order valence-corrected chi connectivity index (χ1v) is 10.2. The molecule has 9 nitrogen and oxygen atoms in total. The summed E-state index contributed by atoms with van der Waals surface area (Å²) in [6.07, 6.45) is 1.83. The standard InChI is InChI=1S/C23H24N6O3/c1-15-14-25-21(28-22(15)29-9-11-32-12-10-29)16-5-7-18(8-6-16)26-23(31)27-19-4-2-3-17(13-19)20(24)30/h2-8,13-14H,9-12H2,1H3,(H2,24,30)(H2,26,27,31). The Morgan fingerprint density at radius 2 is 1.75 bits per heavy atom. The summed E-state index contributed by atoms with van der Waals surface area (Å²) in [6.45, 7) is 4.98. The number of carbonyl (C=O) groups is 2. The number of aromatic nitrogens is 2. The number of nitrogens with one attached hydrogen (secondary N) is 2. The van der Waals surface area contributed by atoms with Crippen molar-refractivity contribution in [1.29, 1.82) is 0 Å². The molecule has 9 heteroatoms. The lowest BCUT2D eigenvalue weighted by molar-refractivity contribution is 0.1000. The Morgan fingerprint density at radius 3 is 2.47 bits per heavy atom. The normalized spacial score (nSPS) is 13.5. The van der Waals surface area contributed by atoms with Gasteiger partial charge in [-0.3, -0.25) is 4.79 Å². The van der Waals surface area contributed by atoms with Crippen molar-refractivity contribution in [2.24, 2.45) is 5.73 Å². The van der Waals surface area contributed by atoms with Gasteiger partial charge in [0.15, 0.2) is 5.82 Å². The number of ether oxygens (including phenoxy) is 1. The number of anilines is 3. The first kappa shape index (κ1) is 21.3. The Hall–Kier alpha value is -3.98. The summed E-state index contributed by atoms with van der Waals surface area (Å²) in [7, 11) is 0. The molecule has 2 heterocycles. The van der Waals surface area contributed by atoms with E-state index in [-0.39, 0.29) is 0 Å². The smallest absolute Gasteiger partial charge is 0.323 e. The number of nitrogens with zero attached hydrogens (tertiary/aromatic N) is 3. The van der Waals surface area contributed by atoms with Gasteiger partial charge in [-0.05, 0) is 49.4 Å². The zero-order valence-electron chi connectivity index (χ0n) is 17.7. The molecule has 0 radical (unpaired) electrons. The van der Waals surface area contributed by atoms with E-state index in [4.69, 9.17) is 15.5 Å². The highest BCUT2D eigenvalue weighted by Crippen LogP contribution is 2.24. The molecule has 0 unspecified atom stereocenters. The van der Waals surface area contributed by atoms with Crippen molar-refractivity contribution in [2.75, 3.05) is 41.8 Å². The molecule has 32 heavy (non-hydrogen) atoms. The molecule has 1 aliphatic heterocycles. The number of morpholine rings is 1. The number of rotatable bonds is 5. The largest absolute Gasteiger partial charge is 0.378 e. The molecule has 0 atom stereocenters. The fraction of sp³-hybridized carbons (Fsp3) is 0.217. The van der Waals surface area contributed by atoms with Crippen molar-refractivity contribution in [3.63, 3.8) is 0 Å². The minimum absolute atomic E-state index is 0.321. The number of aryl methyl sites for hydroxylation is 1. The second-order valence-corrected chi connectivity index (χ2v) is 7.40. The van der Waals surface area contributed by atoms with Gasteiger partial charge in [-0.15, -0.1) is 0 Å². The fourth-order valence-electron chi connectivity index (χ4n) is 3.41. The van der Waals surface area contributed by atoms with Crippen LogP contribution in [-0.4, -0.2) is 48.2 Å². The second-order valence-electron chi connectivity index (χ2n) is 7.40. The molecule has 3 aromatic rings. The highest BCUT2D eigenvalue weighted by atomic mass is 16.5. The van der Waals surface area contributed by atoms with E-state index < -0.39 is 11.9 Å². The number of hydrogen-bond acceptors (Lipinski definition) is 6. The molecule has 1 aromatic heterocycles. The lowest BCUT2D eigenvalue weighted by atomic mass is 10.2. The van der Waals surface area contributed by atoms with Crippen molar-refractivity contribution < 1.29 is 14.3 Å². The fourth-order valence-corrected chi connectivity index (χ4v) is 3.41. The molecule has 1 saturated heterocycles. The predicted octanol–water partition coefficient (Wildman–Crippen LogP) is 3.03. The molecule has 1 fully saturated rings. The molecule has 0 bridgehead atoms. The number of hydrogen-bond donors (Lipinski definition) is 3. The van der Waals surface area contributed by atoms with Crippen LogP contribution in [0.1, 0.15) is 15.9 Å². The van der Waals surface area contributed by atoms with Crippen molar-refractivity contribution in [2.45, 2.75) is 6.92 Å². The van der Waals surface area contributed by atoms with Crippen LogP contribution in [0.4, 0.5) is 22.0 Å². The van der Waals surface area contributed by atoms with Gasteiger partial charge >= 0.3 is 6.03 Å². The zero-order valence-corrected chi connectivity index (χ0v) is 17.7. The van der Waals surface area contributed by atoms with E-state index in [9.17, 15) is 9.59 Å². The molecule has 4 N–H and O–H groups in total. The van der Waals surface area contributed by atoms with Crippen LogP contribution in [0.3, 0.4) is 0 Å². The summed E-state index contributed by atoms with van der Waals surface area (Å²) in [5.74, 6) is 0.981. The summed E-state index contributed by atoms with van der Waals surface area (Å²) >= 11 is 0. The van der Waals surface area contributed by atoms with Gasteiger partial charge in [0, 0.05) is 47.4 Å². The lowest BCUT2D eigenvalue weighted by Gasteiger charge is -2.29. The second kappa shape index (κ2) is 9.44. The first-order valence-electron chi connectivity index (χ1n) is 10.2. The third-order valence-electron chi connectivity index (χ3n) is 5.06. The molecular formula is C23H24N6O3. The number of amides is 3. The van der Waals surface area contributed by atoms with Crippen molar-refractivity contribution in [3.05, 3.63) is 65.9 Å². The molecule has 4 rings (SSSR count). The molecule has 0 saturated carbocycles. The van der Waals surface area contributed by atoms with Gasteiger partial charge in [-0.2, -0.15) is 0 Å². The van der Waals surface area contributed by atoms with Crippen LogP contribution in [0.15, 0.2) is 54.7 Å². The van der Waals surface area contributed by atoms with Crippen LogP contribution in [0.25, 0.3) is 11.4 Å². The van der Waals surface area contributed by atoms with Gasteiger partial charge < -0.3 is 26.0 Å². The third kappa shape index (κ3) is 5.01. The van der Waals surface area contributed by atoms with Crippen LogP contribution in [0.2, 0.25) is 0 Å². The monoisotopic (exact) mass is 432 g/mol. The number of nitrogens with two attached hydrogens (primary N) is 1. The van der Waals surface area contributed by atoms with Crippen LogP contribution in [0.5, 0.6) is 0 Å². The molecule has 2 aromatic carbocycles.